The van der Waals surface area contributed by atoms with Crippen molar-refractivity contribution < 1.29 is 18.0 Å². The summed E-state index contributed by atoms with van der Waals surface area (Å²) in [5.41, 5.74) is 1.52. The highest BCUT2D eigenvalue weighted by atomic mass is 32.2. The molecule has 4 aliphatic carbocycles. The molecule has 30 heavy (non-hydrogen) atoms. The van der Waals surface area contributed by atoms with Crippen LogP contribution in [0.4, 0.5) is 11.4 Å². The van der Waals surface area contributed by atoms with Crippen LogP contribution in [0.15, 0.2) is 18.2 Å². The van der Waals surface area contributed by atoms with E-state index in [1.807, 2.05) is 0 Å². The van der Waals surface area contributed by atoms with Crippen LogP contribution in [0.25, 0.3) is 0 Å². The number of hydrogen-bond donors (Lipinski definition) is 3. The summed E-state index contributed by atoms with van der Waals surface area (Å²) in [5.74, 6) is 2.05. The maximum absolute atomic E-state index is 12.9. The Balaban J connectivity index is 1.28. The molecular weight excluding hydrogens is 402 g/mol. The molecule has 4 bridgehead atoms. The molecule has 164 valence electrons. The number of aryl methyl sites for hydroxylation is 1. The fourth-order valence-corrected chi connectivity index (χ4v) is 6.72. The maximum atomic E-state index is 12.9. The number of rotatable bonds is 7. The number of amides is 2. The minimum absolute atomic E-state index is 0.129. The number of anilines is 2. The zero-order chi connectivity index (χ0) is 21.5. The first kappa shape index (κ1) is 21.2. The molecule has 0 aromatic heterocycles. The van der Waals surface area contributed by atoms with Crippen molar-refractivity contribution in [3.05, 3.63) is 23.8 Å². The molecule has 4 aliphatic rings. The zero-order valence-electron chi connectivity index (χ0n) is 17.7. The summed E-state index contributed by atoms with van der Waals surface area (Å²) in [5, 5.41) is 5.80. The second kappa shape index (κ2) is 7.87. The molecule has 0 aliphatic heterocycles. The Kier molecular flexibility index (Phi) is 5.55. The van der Waals surface area contributed by atoms with Gasteiger partial charge in [0.05, 0.1) is 11.9 Å². The van der Waals surface area contributed by atoms with E-state index in [4.69, 9.17) is 0 Å². The van der Waals surface area contributed by atoms with Gasteiger partial charge in [-0.3, -0.25) is 14.3 Å². The maximum Gasteiger partial charge on any atom is 0.229 e. The van der Waals surface area contributed by atoms with Gasteiger partial charge in [-0.05, 0) is 80.9 Å². The fourth-order valence-electron chi connectivity index (χ4n) is 6.10. The van der Waals surface area contributed by atoms with Crippen molar-refractivity contribution in [2.75, 3.05) is 22.8 Å². The predicted molar refractivity (Wildman–Crippen MR) is 117 cm³/mol. The number of nitrogens with one attached hydrogen (secondary N) is 3. The van der Waals surface area contributed by atoms with E-state index in [0.717, 1.165) is 31.1 Å². The molecule has 0 unspecified atom stereocenters. The van der Waals surface area contributed by atoms with E-state index in [-0.39, 0.29) is 23.7 Å². The topological polar surface area (TPSA) is 104 Å². The number of carbonyl (C=O) groups excluding carboxylic acids is 2. The van der Waals surface area contributed by atoms with Crippen LogP contribution in [0.3, 0.4) is 0 Å². The average Bonchev–Trinajstić information content (AvgIpc) is 2.62. The van der Waals surface area contributed by atoms with Crippen molar-refractivity contribution in [2.45, 2.75) is 51.9 Å². The molecule has 4 saturated carbocycles. The molecule has 4 fully saturated rings. The van der Waals surface area contributed by atoms with Crippen LogP contribution in [0.2, 0.25) is 0 Å². The summed E-state index contributed by atoms with van der Waals surface area (Å²) in [4.78, 5) is 25.3. The second-order valence-electron chi connectivity index (χ2n) is 9.66. The van der Waals surface area contributed by atoms with Crippen LogP contribution < -0.4 is 15.4 Å². The summed E-state index contributed by atoms with van der Waals surface area (Å²) in [7, 11) is -3.40. The van der Waals surface area contributed by atoms with Gasteiger partial charge in [-0.15, -0.1) is 0 Å². The van der Waals surface area contributed by atoms with Gasteiger partial charge < -0.3 is 10.6 Å². The van der Waals surface area contributed by atoms with Crippen LogP contribution in [0.5, 0.6) is 0 Å². The Morgan fingerprint density at radius 1 is 1.07 bits per heavy atom. The van der Waals surface area contributed by atoms with Gasteiger partial charge in [-0.2, -0.15) is 0 Å². The molecule has 0 saturated heterocycles. The van der Waals surface area contributed by atoms with Gasteiger partial charge in [0.25, 0.3) is 0 Å². The lowest BCUT2D eigenvalue weighted by molar-refractivity contribution is -0.146. The number of benzene rings is 1. The van der Waals surface area contributed by atoms with Gasteiger partial charge in [0.2, 0.25) is 21.8 Å². The molecule has 5 rings (SSSR count). The Bertz CT molecular complexity index is 922. The van der Waals surface area contributed by atoms with Gasteiger partial charge in [0.15, 0.2) is 0 Å². The van der Waals surface area contributed by atoms with E-state index in [1.165, 1.54) is 19.3 Å². The quantitative estimate of drug-likeness (QED) is 0.615. The Labute approximate surface area is 178 Å². The lowest BCUT2D eigenvalue weighted by Gasteiger charge is -2.55. The van der Waals surface area contributed by atoms with Crippen molar-refractivity contribution in [1.82, 2.24) is 5.32 Å². The molecule has 0 atom stereocenters. The molecule has 7 nitrogen and oxygen atoms in total. The second-order valence-corrected chi connectivity index (χ2v) is 11.4. The molecule has 0 heterocycles. The largest absolute Gasteiger partial charge is 0.355 e. The van der Waals surface area contributed by atoms with E-state index in [9.17, 15) is 18.0 Å². The van der Waals surface area contributed by atoms with E-state index in [0.29, 0.717) is 35.7 Å². The van der Waals surface area contributed by atoms with E-state index in [2.05, 4.69) is 15.4 Å². The molecule has 1 aromatic carbocycles. The molecule has 0 radical (unpaired) electrons. The van der Waals surface area contributed by atoms with Gasteiger partial charge in [-0.1, -0.05) is 6.07 Å². The van der Waals surface area contributed by atoms with E-state index < -0.39 is 10.0 Å². The molecule has 0 spiro atoms. The highest BCUT2D eigenvalue weighted by Crippen LogP contribution is 2.60. The summed E-state index contributed by atoms with van der Waals surface area (Å²) < 4.78 is 25.4. The molecule has 2 amide bonds. The van der Waals surface area contributed by atoms with Crippen molar-refractivity contribution in [1.29, 1.82) is 0 Å². The third-order valence-corrected chi connectivity index (χ3v) is 7.56. The van der Waals surface area contributed by atoms with E-state index >= 15 is 0 Å². The first-order valence-corrected chi connectivity index (χ1v) is 12.7. The highest BCUT2D eigenvalue weighted by molar-refractivity contribution is 7.92. The van der Waals surface area contributed by atoms with Gasteiger partial charge >= 0.3 is 0 Å². The van der Waals surface area contributed by atoms with Crippen LogP contribution in [-0.4, -0.2) is 33.0 Å². The minimum Gasteiger partial charge on any atom is -0.355 e. The van der Waals surface area contributed by atoms with Crippen LogP contribution in [-0.2, 0) is 19.6 Å². The standard InChI is InChI=1S/C22H31N3O4S/c1-14-3-4-18(10-19(14)25-30(2,28)29)24-20(26)5-6-23-21(27)22-11-15-7-16(12-22)9-17(8-15)13-22/h3-4,10,15-17,25H,5-9,11-13H2,1-2H3,(H,23,27)(H,24,26). The lowest BCUT2D eigenvalue weighted by atomic mass is 9.49. The van der Waals surface area contributed by atoms with Crippen LogP contribution in [0, 0.1) is 30.1 Å². The minimum atomic E-state index is -3.40. The molecule has 8 heteroatoms. The van der Waals surface area contributed by atoms with E-state index in [1.54, 1.807) is 25.1 Å². The molecule has 1 aromatic rings. The number of hydrogen-bond acceptors (Lipinski definition) is 4. The van der Waals surface area contributed by atoms with Crippen molar-refractivity contribution >= 4 is 33.2 Å². The summed E-state index contributed by atoms with van der Waals surface area (Å²) in [6.07, 6.45) is 8.18. The summed E-state index contributed by atoms with van der Waals surface area (Å²) in [6, 6.07) is 5.08. The van der Waals surface area contributed by atoms with Crippen LogP contribution in [0.1, 0.15) is 50.5 Å². The molecular formula is C22H31N3O4S. The molecule has 3 N–H and O–H groups in total. The Hall–Kier alpha value is -2.09. The third-order valence-electron chi connectivity index (χ3n) is 6.97. The monoisotopic (exact) mass is 433 g/mol. The number of sulfonamides is 1. The Morgan fingerprint density at radius 2 is 1.67 bits per heavy atom. The van der Waals surface area contributed by atoms with Crippen molar-refractivity contribution in [2.24, 2.45) is 23.2 Å². The predicted octanol–water partition coefficient (Wildman–Crippen LogP) is 3.03. The normalized spacial score (nSPS) is 29.5. The summed E-state index contributed by atoms with van der Waals surface area (Å²) in [6.45, 7) is 2.10. The SMILES string of the molecule is Cc1ccc(NC(=O)CCNC(=O)C23CC4CC(CC(C4)C2)C3)cc1NS(C)(=O)=O. The summed E-state index contributed by atoms with van der Waals surface area (Å²) >= 11 is 0. The average molecular weight is 434 g/mol. The van der Waals surface area contributed by atoms with Crippen molar-refractivity contribution in [3.63, 3.8) is 0 Å². The highest BCUT2D eigenvalue weighted by Gasteiger charge is 2.54. The van der Waals surface area contributed by atoms with Gasteiger partial charge in [-0.25, -0.2) is 8.42 Å². The zero-order valence-corrected chi connectivity index (χ0v) is 18.5. The smallest absolute Gasteiger partial charge is 0.229 e. The van der Waals surface area contributed by atoms with Gasteiger partial charge in [0, 0.05) is 24.1 Å². The third kappa shape index (κ3) is 4.63. The lowest BCUT2D eigenvalue weighted by Crippen LogP contribution is -2.53. The number of carbonyl (C=O) groups is 2. The first-order chi connectivity index (χ1) is 14.1. The van der Waals surface area contributed by atoms with Crippen LogP contribution >= 0.6 is 0 Å². The fraction of sp³-hybridized carbons (Fsp3) is 0.636. The van der Waals surface area contributed by atoms with Gasteiger partial charge in [0.1, 0.15) is 0 Å². The Morgan fingerprint density at radius 3 is 2.23 bits per heavy atom. The first-order valence-electron chi connectivity index (χ1n) is 10.8. The van der Waals surface area contributed by atoms with Crippen molar-refractivity contribution in [3.8, 4) is 0 Å².